The monoisotopic (exact) mass is 375 g/mol. The molecule has 2 aromatic rings. The van der Waals surface area contributed by atoms with E-state index in [0.29, 0.717) is 28.4 Å². The van der Waals surface area contributed by atoms with E-state index in [4.69, 9.17) is 16.3 Å². The standard InChI is InChI=1S/C20H23ClN2O3/c1-3-23(4-2)13-14-26-20(25)16-7-11-18(12-8-16)22-19(24)15-5-9-17(21)10-6-15/h5-12H,3-4,13-14H2,1-2H3,(H,22,24)/p+1. The van der Waals surface area contributed by atoms with E-state index in [1.165, 1.54) is 4.90 Å². The quantitative estimate of drug-likeness (QED) is 0.697. The van der Waals surface area contributed by atoms with Gasteiger partial charge >= 0.3 is 5.97 Å². The van der Waals surface area contributed by atoms with Crippen molar-refractivity contribution in [2.75, 3.05) is 31.6 Å². The minimum Gasteiger partial charge on any atom is -0.456 e. The second kappa shape index (κ2) is 9.94. The van der Waals surface area contributed by atoms with Gasteiger partial charge in [-0.15, -0.1) is 0 Å². The molecule has 0 fully saturated rings. The van der Waals surface area contributed by atoms with Gasteiger partial charge < -0.3 is 15.0 Å². The van der Waals surface area contributed by atoms with Crippen LogP contribution in [0.1, 0.15) is 34.6 Å². The van der Waals surface area contributed by atoms with Gasteiger partial charge in [0.1, 0.15) is 13.2 Å². The number of quaternary nitrogens is 1. The maximum absolute atomic E-state index is 12.2. The summed E-state index contributed by atoms with van der Waals surface area (Å²) in [4.78, 5) is 25.6. The van der Waals surface area contributed by atoms with Gasteiger partial charge in [0.25, 0.3) is 5.91 Å². The highest BCUT2D eigenvalue weighted by molar-refractivity contribution is 6.30. The van der Waals surface area contributed by atoms with Crippen LogP contribution in [0.25, 0.3) is 0 Å². The lowest BCUT2D eigenvalue weighted by Gasteiger charge is -2.15. The average molecular weight is 376 g/mol. The van der Waals surface area contributed by atoms with Gasteiger partial charge in [-0.2, -0.15) is 0 Å². The van der Waals surface area contributed by atoms with Crippen molar-refractivity contribution in [1.82, 2.24) is 0 Å². The predicted molar refractivity (Wildman–Crippen MR) is 103 cm³/mol. The Morgan fingerprint density at radius 2 is 1.54 bits per heavy atom. The second-order valence-electron chi connectivity index (χ2n) is 5.88. The summed E-state index contributed by atoms with van der Waals surface area (Å²) in [6, 6.07) is 13.3. The molecule has 0 bridgehead atoms. The highest BCUT2D eigenvalue weighted by Gasteiger charge is 2.10. The maximum atomic E-state index is 12.2. The van der Waals surface area contributed by atoms with Crippen LogP contribution in [-0.2, 0) is 4.74 Å². The first kappa shape index (κ1) is 19.9. The van der Waals surface area contributed by atoms with E-state index >= 15 is 0 Å². The molecule has 0 aliphatic heterocycles. The molecule has 0 aliphatic carbocycles. The predicted octanol–water partition coefficient (Wildman–Crippen LogP) is 2.67. The molecule has 26 heavy (non-hydrogen) atoms. The van der Waals surface area contributed by atoms with Crippen LogP contribution < -0.4 is 10.2 Å². The third kappa shape index (κ3) is 5.86. The fourth-order valence-corrected chi connectivity index (χ4v) is 2.60. The lowest BCUT2D eigenvalue weighted by atomic mass is 10.2. The van der Waals surface area contributed by atoms with Crippen molar-refractivity contribution in [2.24, 2.45) is 0 Å². The first-order valence-corrected chi connectivity index (χ1v) is 9.09. The summed E-state index contributed by atoms with van der Waals surface area (Å²) in [6.07, 6.45) is 0. The number of carbonyl (C=O) groups is 2. The number of hydrogen-bond acceptors (Lipinski definition) is 3. The molecule has 2 aromatic carbocycles. The van der Waals surface area contributed by atoms with Crippen LogP contribution in [0.15, 0.2) is 48.5 Å². The Labute approximate surface area is 158 Å². The summed E-state index contributed by atoms with van der Waals surface area (Å²) < 4.78 is 5.30. The van der Waals surface area contributed by atoms with Crippen LogP contribution in [0.4, 0.5) is 5.69 Å². The fraction of sp³-hybridized carbons (Fsp3) is 0.300. The lowest BCUT2D eigenvalue weighted by Crippen LogP contribution is -3.11. The van der Waals surface area contributed by atoms with E-state index < -0.39 is 0 Å². The Morgan fingerprint density at radius 1 is 0.962 bits per heavy atom. The molecule has 2 N–H and O–H groups in total. The Hall–Kier alpha value is -2.37. The second-order valence-corrected chi connectivity index (χ2v) is 6.32. The molecule has 0 radical (unpaired) electrons. The van der Waals surface area contributed by atoms with Crippen molar-refractivity contribution in [2.45, 2.75) is 13.8 Å². The Bertz CT molecular complexity index is 726. The van der Waals surface area contributed by atoms with E-state index in [-0.39, 0.29) is 11.9 Å². The molecule has 0 atom stereocenters. The number of ether oxygens (including phenoxy) is 1. The molecular formula is C20H24ClN2O3+. The number of nitrogens with one attached hydrogen (secondary N) is 2. The molecule has 0 unspecified atom stereocenters. The number of halogens is 1. The van der Waals surface area contributed by atoms with Crippen LogP contribution in [0, 0.1) is 0 Å². The zero-order valence-electron chi connectivity index (χ0n) is 15.0. The summed E-state index contributed by atoms with van der Waals surface area (Å²) in [7, 11) is 0. The smallest absolute Gasteiger partial charge is 0.338 e. The number of rotatable bonds is 8. The molecule has 0 saturated carbocycles. The largest absolute Gasteiger partial charge is 0.456 e. The number of esters is 1. The van der Waals surface area contributed by atoms with E-state index in [9.17, 15) is 9.59 Å². The van der Waals surface area contributed by atoms with E-state index in [1.807, 2.05) is 0 Å². The number of likely N-dealkylation sites (N-methyl/N-ethyl adjacent to an activating group) is 1. The summed E-state index contributed by atoms with van der Waals surface area (Å²) in [5.74, 6) is -0.591. The van der Waals surface area contributed by atoms with Gasteiger partial charge in [0.05, 0.1) is 18.7 Å². The summed E-state index contributed by atoms with van der Waals surface area (Å²) in [5.41, 5.74) is 1.58. The van der Waals surface area contributed by atoms with Gasteiger partial charge in [-0.05, 0) is 62.4 Å². The van der Waals surface area contributed by atoms with E-state index in [1.54, 1.807) is 48.5 Å². The lowest BCUT2D eigenvalue weighted by molar-refractivity contribution is -0.896. The van der Waals surface area contributed by atoms with Crippen molar-refractivity contribution in [3.63, 3.8) is 0 Å². The van der Waals surface area contributed by atoms with E-state index in [0.717, 1.165) is 19.6 Å². The molecule has 0 aliphatic rings. The topological polar surface area (TPSA) is 59.8 Å². The molecule has 0 spiro atoms. The molecule has 0 heterocycles. The van der Waals surface area contributed by atoms with Crippen LogP contribution in [0.5, 0.6) is 0 Å². The molecule has 6 heteroatoms. The van der Waals surface area contributed by atoms with Gasteiger partial charge in [-0.25, -0.2) is 4.79 Å². The summed E-state index contributed by atoms with van der Waals surface area (Å²) in [6.45, 7) is 7.43. The third-order valence-electron chi connectivity index (χ3n) is 4.17. The van der Waals surface area contributed by atoms with Crippen molar-refractivity contribution in [3.8, 4) is 0 Å². The normalized spacial score (nSPS) is 10.6. The molecule has 0 saturated heterocycles. The first-order chi connectivity index (χ1) is 12.5. The van der Waals surface area contributed by atoms with Gasteiger partial charge in [0.2, 0.25) is 0 Å². The van der Waals surface area contributed by atoms with Crippen molar-refractivity contribution in [1.29, 1.82) is 0 Å². The number of carbonyl (C=O) groups excluding carboxylic acids is 2. The molecular weight excluding hydrogens is 352 g/mol. The van der Waals surface area contributed by atoms with Crippen LogP contribution in [0.2, 0.25) is 5.02 Å². The number of hydrogen-bond donors (Lipinski definition) is 2. The maximum Gasteiger partial charge on any atom is 0.338 e. The SMILES string of the molecule is CC[NH+](CC)CCOC(=O)c1ccc(NC(=O)c2ccc(Cl)cc2)cc1. The Morgan fingerprint density at radius 3 is 2.12 bits per heavy atom. The van der Waals surface area contributed by atoms with Crippen LogP contribution >= 0.6 is 11.6 Å². The van der Waals surface area contributed by atoms with Crippen LogP contribution in [-0.4, -0.2) is 38.1 Å². The third-order valence-corrected chi connectivity index (χ3v) is 4.43. The van der Waals surface area contributed by atoms with Gasteiger partial charge in [-0.1, -0.05) is 11.6 Å². The Kier molecular flexibility index (Phi) is 7.63. The number of anilines is 1. The van der Waals surface area contributed by atoms with Crippen LogP contribution in [0.3, 0.4) is 0 Å². The first-order valence-electron chi connectivity index (χ1n) is 8.71. The minimum atomic E-state index is -0.355. The van der Waals surface area contributed by atoms with Crippen molar-refractivity contribution in [3.05, 3.63) is 64.7 Å². The molecule has 0 aromatic heterocycles. The van der Waals surface area contributed by atoms with Gasteiger partial charge in [-0.3, -0.25) is 4.79 Å². The van der Waals surface area contributed by atoms with E-state index in [2.05, 4.69) is 19.2 Å². The van der Waals surface area contributed by atoms with Crippen molar-refractivity contribution < 1.29 is 19.2 Å². The molecule has 138 valence electrons. The summed E-state index contributed by atoms with van der Waals surface area (Å²) in [5, 5.41) is 3.36. The zero-order chi connectivity index (χ0) is 18.9. The van der Waals surface area contributed by atoms with Gasteiger partial charge in [0.15, 0.2) is 0 Å². The Balaban J connectivity index is 1.88. The fourth-order valence-electron chi connectivity index (χ4n) is 2.47. The highest BCUT2D eigenvalue weighted by atomic mass is 35.5. The van der Waals surface area contributed by atoms with Crippen molar-refractivity contribution >= 4 is 29.2 Å². The van der Waals surface area contributed by atoms with Gasteiger partial charge in [0, 0.05) is 16.3 Å². The molecule has 2 rings (SSSR count). The number of benzene rings is 2. The number of amides is 1. The highest BCUT2D eigenvalue weighted by Crippen LogP contribution is 2.14. The minimum absolute atomic E-state index is 0.237. The average Bonchev–Trinajstić information content (AvgIpc) is 2.66. The molecule has 1 amide bonds. The summed E-state index contributed by atoms with van der Waals surface area (Å²) >= 11 is 5.82. The molecule has 5 nitrogen and oxygen atoms in total. The zero-order valence-corrected chi connectivity index (χ0v) is 15.8.